The van der Waals surface area contributed by atoms with E-state index in [0.29, 0.717) is 28.8 Å². The summed E-state index contributed by atoms with van der Waals surface area (Å²) in [6, 6.07) is 16.7. The molecule has 2 heterocycles. The van der Waals surface area contributed by atoms with Crippen LogP contribution < -0.4 is 15.7 Å². The highest BCUT2D eigenvalue weighted by molar-refractivity contribution is 5.90. The van der Waals surface area contributed by atoms with Crippen molar-refractivity contribution < 1.29 is 9.53 Å². The highest BCUT2D eigenvalue weighted by atomic mass is 16.5. The molecule has 0 unspecified atom stereocenters. The number of methoxy groups -OCH3 is 1. The molecule has 164 valence electrons. The summed E-state index contributed by atoms with van der Waals surface area (Å²) in [5.74, 6) is 1.19. The van der Waals surface area contributed by atoms with Gasteiger partial charge in [0.2, 0.25) is 5.91 Å². The number of hydrogen-bond donors (Lipinski definition) is 1. The zero-order valence-electron chi connectivity index (χ0n) is 18.5. The van der Waals surface area contributed by atoms with Crippen LogP contribution in [0.1, 0.15) is 31.0 Å². The Kier molecular flexibility index (Phi) is 5.77. The van der Waals surface area contributed by atoms with Gasteiger partial charge in [-0.25, -0.2) is 18.9 Å². The van der Waals surface area contributed by atoms with E-state index < -0.39 is 5.69 Å². The lowest BCUT2D eigenvalue weighted by atomic mass is 10.0. The maximum absolute atomic E-state index is 13.1. The largest absolute Gasteiger partial charge is 0.497 e. The summed E-state index contributed by atoms with van der Waals surface area (Å²) in [6.07, 6.45) is 0. The topological polar surface area (TPSA) is 90.5 Å². The monoisotopic (exact) mass is 431 g/mol. The Morgan fingerprint density at radius 2 is 1.88 bits per heavy atom. The second kappa shape index (κ2) is 8.66. The van der Waals surface area contributed by atoms with E-state index in [1.807, 2.05) is 43.3 Å². The molecule has 0 bridgehead atoms. The van der Waals surface area contributed by atoms with Crippen LogP contribution in [0.2, 0.25) is 0 Å². The summed E-state index contributed by atoms with van der Waals surface area (Å²) in [5.41, 5.74) is 3.28. The van der Waals surface area contributed by atoms with Crippen LogP contribution in [0.5, 0.6) is 5.75 Å². The lowest BCUT2D eigenvalue weighted by molar-refractivity contribution is -0.117. The van der Waals surface area contributed by atoms with E-state index in [1.165, 1.54) is 4.40 Å². The van der Waals surface area contributed by atoms with E-state index in [2.05, 4.69) is 29.2 Å². The number of aromatic nitrogens is 4. The van der Waals surface area contributed by atoms with E-state index in [0.717, 1.165) is 21.5 Å². The molecule has 2 aromatic carbocycles. The minimum atomic E-state index is -0.426. The van der Waals surface area contributed by atoms with E-state index in [-0.39, 0.29) is 12.5 Å². The predicted molar refractivity (Wildman–Crippen MR) is 123 cm³/mol. The Bertz CT molecular complexity index is 1340. The molecule has 8 heteroatoms. The van der Waals surface area contributed by atoms with Crippen LogP contribution in [0.3, 0.4) is 0 Å². The standard InChI is InChI=1S/C24H25N5O3/c1-15(2)18-6-5-7-19(13-18)26-22(30)14-28-24(31)29-21(27-28)12-16(3)25-23(29)17-8-10-20(32-4)11-9-17/h5-13,15H,14H2,1-4H3,(H,26,30). The molecular formula is C24H25N5O3. The Morgan fingerprint density at radius 1 is 1.12 bits per heavy atom. The SMILES string of the molecule is COc1ccc(-c2nc(C)cc3nn(CC(=O)Nc4cccc(C(C)C)c4)c(=O)n23)cc1. The molecule has 0 atom stereocenters. The second-order valence-electron chi connectivity index (χ2n) is 7.91. The highest BCUT2D eigenvalue weighted by Gasteiger charge is 2.16. The average Bonchev–Trinajstić information content (AvgIpc) is 3.08. The third-order valence-electron chi connectivity index (χ3n) is 5.18. The van der Waals surface area contributed by atoms with Crippen LogP contribution in [-0.2, 0) is 11.3 Å². The quantitative estimate of drug-likeness (QED) is 0.503. The smallest absolute Gasteiger partial charge is 0.352 e. The van der Waals surface area contributed by atoms with Gasteiger partial charge in [-0.2, -0.15) is 0 Å². The first-order valence-electron chi connectivity index (χ1n) is 10.4. The minimum absolute atomic E-state index is 0.201. The van der Waals surface area contributed by atoms with Crippen molar-refractivity contribution >= 4 is 17.2 Å². The molecule has 0 aliphatic rings. The number of nitrogens with zero attached hydrogens (tertiary/aromatic N) is 4. The number of ether oxygens (including phenoxy) is 1. The number of amides is 1. The Labute approximate surface area is 185 Å². The van der Waals surface area contributed by atoms with Gasteiger partial charge in [0, 0.05) is 23.0 Å². The Hall–Kier alpha value is -3.94. The lowest BCUT2D eigenvalue weighted by Crippen LogP contribution is -2.28. The highest BCUT2D eigenvalue weighted by Crippen LogP contribution is 2.21. The molecule has 0 fully saturated rings. The van der Waals surface area contributed by atoms with Crippen molar-refractivity contribution in [2.45, 2.75) is 33.2 Å². The Morgan fingerprint density at radius 3 is 2.56 bits per heavy atom. The fraction of sp³-hybridized carbons (Fsp3) is 0.250. The van der Waals surface area contributed by atoms with Gasteiger partial charge in [-0.05, 0) is 54.8 Å². The number of carbonyl (C=O) groups excluding carboxylic acids is 1. The molecular weight excluding hydrogens is 406 g/mol. The van der Waals surface area contributed by atoms with Crippen molar-refractivity contribution in [1.82, 2.24) is 19.2 Å². The fourth-order valence-electron chi connectivity index (χ4n) is 3.50. The van der Waals surface area contributed by atoms with Crippen LogP contribution in [0.15, 0.2) is 59.4 Å². The predicted octanol–water partition coefficient (Wildman–Crippen LogP) is 3.64. The first-order chi connectivity index (χ1) is 15.4. The van der Waals surface area contributed by atoms with E-state index in [9.17, 15) is 9.59 Å². The van der Waals surface area contributed by atoms with Gasteiger partial charge in [-0.1, -0.05) is 26.0 Å². The lowest BCUT2D eigenvalue weighted by Gasteiger charge is -2.09. The molecule has 2 aromatic heterocycles. The molecule has 4 aromatic rings. The van der Waals surface area contributed by atoms with Crippen LogP contribution in [-0.4, -0.2) is 32.2 Å². The van der Waals surface area contributed by atoms with Gasteiger partial charge >= 0.3 is 5.69 Å². The summed E-state index contributed by atoms with van der Waals surface area (Å²) in [5, 5.41) is 7.21. The maximum Gasteiger partial charge on any atom is 0.352 e. The molecule has 0 radical (unpaired) electrons. The number of anilines is 1. The summed E-state index contributed by atoms with van der Waals surface area (Å²) < 4.78 is 7.78. The van der Waals surface area contributed by atoms with E-state index in [1.54, 1.807) is 25.3 Å². The van der Waals surface area contributed by atoms with Crippen LogP contribution >= 0.6 is 0 Å². The average molecular weight is 431 g/mol. The number of carbonyl (C=O) groups is 1. The number of nitrogens with one attached hydrogen (secondary N) is 1. The number of aryl methyl sites for hydroxylation is 1. The van der Waals surface area contributed by atoms with Gasteiger partial charge < -0.3 is 10.1 Å². The van der Waals surface area contributed by atoms with Crippen LogP contribution in [0.25, 0.3) is 17.0 Å². The maximum atomic E-state index is 13.1. The van der Waals surface area contributed by atoms with Crippen molar-refractivity contribution in [3.05, 3.63) is 76.3 Å². The van der Waals surface area contributed by atoms with Crippen molar-refractivity contribution in [1.29, 1.82) is 0 Å². The zero-order chi connectivity index (χ0) is 22.8. The molecule has 1 N–H and O–H groups in total. The third kappa shape index (κ3) is 4.25. The van der Waals surface area contributed by atoms with Gasteiger partial charge in [-0.15, -0.1) is 5.10 Å². The summed E-state index contributed by atoms with van der Waals surface area (Å²) in [7, 11) is 1.59. The van der Waals surface area contributed by atoms with Crippen molar-refractivity contribution in [2.75, 3.05) is 12.4 Å². The molecule has 0 saturated carbocycles. The second-order valence-corrected chi connectivity index (χ2v) is 7.91. The summed E-state index contributed by atoms with van der Waals surface area (Å²) in [4.78, 5) is 30.3. The summed E-state index contributed by atoms with van der Waals surface area (Å²) >= 11 is 0. The zero-order valence-corrected chi connectivity index (χ0v) is 18.5. The van der Waals surface area contributed by atoms with Crippen molar-refractivity contribution in [2.24, 2.45) is 0 Å². The molecule has 0 saturated heterocycles. The number of benzene rings is 2. The number of rotatable bonds is 6. The van der Waals surface area contributed by atoms with Gasteiger partial charge in [0.15, 0.2) is 5.65 Å². The number of fused-ring (bicyclic) bond motifs is 1. The molecule has 0 aliphatic carbocycles. The summed E-state index contributed by atoms with van der Waals surface area (Å²) in [6.45, 7) is 5.82. The molecule has 0 spiro atoms. The molecule has 4 rings (SSSR count). The van der Waals surface area contributed by atoms with Gasteiger partial charge in [-0.3, -0.25) is 4.79 Å². The van der Waals surface area contributed by atoms with E-state index in [4.69, 9.17) is 4.74 Å². The van der Waals surface area contributed by atoms with Crippen LogP contribution in [0, 0.1) is 6.92 Å². The Balaban J connectivity index is 1.65. The first-order valence-corrected chi connectivity index (χ1v) is 10.4. The van der Waals surface area contributed by atoms with Gasteiger partial charge in [0.05, 0.1) is 7.11 Å². The first kappa shape index (κ1) is 21.3. The third-order valence-corrected chi connectivity index (χ3v) is 5.18. The van der Waals surface area contributed by atoms with Gasteiger partial charge in [0.25, 0.3) is 0 Å². The van der Waals surface area contributed by atoms with Crippen molar-refractivity contribution in [3.8, 4) is 17.1 Å². The molecule has 0 aliphatic heterocycles. The normalized spacial score (nSPS) is 11.2. The van der Waals surface area contributed by atoms with E-state index >= 15 is 0 Å². The molecule has 32 heavy (non-hydrogen) atoms. The molecule has 1 amide bonds. The number of hydrogen-bond acceptors (Lipinski definition) is 5. The fourth-order valence-corrected chi connectivity index (χ4v) is 3.50. The van der Waals surface area contributed by atoms with Crippen molar-refractivity contribution in [3.63, 3.8) is 0 Å². The van der Waals surface area contributed by atoms with Gasteiger partial charge in [0.1, 0.15) is 18.1 Å². The minimum Gasteiger partial charge on any atom is -0.497 e. The van der Waals surface area contributed by atoms with Crippen LogP contribution in [0.4, 0.5) is 5.69 Å². The molecule has 8 nitrogen and oxygen atoms in total.